The van der Waals surface area contributed by atoms with E-state index < -0.39 is 0 Å². The molecule has 0 amide bonds. The van der Waals surface area contributed by atoms with Crippen LogP contribution in [0.4, 0.5) is 0 Å². The molecule has 0 aromatic heterocycles. The van der Waals surface area contributed by atoms with E-state index in [2.05, 4.69) is 10.7 Å². The molecule has 5 heteroatoms. The maximum atomic E-state index is 10.8. The average molecular weight is 282 g/mol. The van der Waals surface area contributed by atoms with Crippen LogP contribution in [-0.4, -0.2) is 22.3 Å². The summed E-state index contributed by atoms with van der Waals surface area (Å²) in [5.74, 6) is 0.534. The van der Waals surface area contributed by atoms with E-state index in [1.807, 2.05) is 11.8 Å². The van der Waals surface area contributed by atoms with Crippen molar-refractivity contribution in [3.63, 3.8) is 0 Å². The maximum absolute atomic E-state index is 10.8. The number of hydrogen-bond acceptors (Lipinski definition) is 4. The monoisotopic (exact) mass is 282 g/mol. The van der Waals surface area contributed by atoms with Crippen LogP contribution >= 0.6 is 11.8 Å². The first-order valence-corrected chi connectivity index (χ1v) is 8.44. The lowest BCUT2D eigenvalue weighted by molar-refractivity contribution is -0.526. The lowest BCUT2D eigenvalue weighted by atomic mass is 9.83. The molecule has 4 nitrogen and oxygen atoms in total. The van der Waals surface area contributed by atoms with Gasteiger partial charge in [-0.3, -0.25) is 10.1 Å². The van der Waals surface area contributed by atoms with Gasteiger partial charge in [-0.05, 0) is 37.0 Å². The molecular weight excluding hydrogens is 260 g/mol. The second-order valence-electron chi connectivity index (χ2n) is 6.07. The van der Waals surface area contributed by atoms with Gasteiger partial charge in [-0.25, -0.2) is 0 Å². The second-order valence-corrected chi connectivity index (χ2v) is 7.19. The van der Waals surface area contributed by atoms with Gasteiger partial charge in [0, 0.05) is 34.8 Å². The number of fused-ring (bicyclic) bond motifs is 1. The first kappa shape index (κ1) is 13.3. The molecule has 0 aromatic carbocycles. The standard InChI is InChI=1S/C14H22N2O2S/c17-16(18)11-7-5-10(6-8-11)13-9-19-14-4-2-1-3-12(14)15-13/h9-12,14-15H,1-8H2. The molecule has 3 rings (SSSR count). The van der Waals surface area contributed by atoms with Crippen LogP contribution in [0, 0.1) is 16.0 Å². The largest absolute Gasteiger partial charge is 0.384 e. The fourth-order valence-corrected chi connectivity index (χ4v) is 4.92. The molecule has 19 heavy (non-hydrogen) atoms. The van der Waals surface area contributed by atoms with Crippen molar-refractivity contribution in [3.05, 3.63) is 21.2 Å². The summed E-state index contributed by atoms with van der Waals surface area (Å²) in [6.45, 7) is 0. The predicted octanol–water partition coefficient (Wildman–Crippen LogP) is 3.31. The predicted molar refractivity (Wildman–Crippen MR) is 77.6 cm³/mol. The smallest absolute Gasteiger partial charge is 0.213 e. The quantitative estimate of drug-likeness (QED) is 0.623. The van der Waals surface area contributed by atoms with Crippen LogP contribution in [0.1, 0.15) is 51.4 Å². The molecule has 2 atom stereocenters. The van der Waals surface area contributed by atoms with E-state index in [-0.39, 0.29) is 11.0 Å². The molecule has 2 saturated carbocycles. The zero-order valence-corrected chi connectivity index (χ0v) is 12.0. The lowest BCUT2D eigenvalue weighted by Crippen LogP contribution is -2.44. The Hall–Kier alpha value is -0.710. The Kier molecular flexibility index (Phi) is 4.01. The van der Waals surface area contributed by atoms with Gasteiger partial charge in [-0.15, -0.1) is 11.8 Å². The van der Waals surface area contributed by atoms with E-state index in [4.69, 9.17) is 0 Å². The zero-order chi connectivity index (χ0) is 13.2. The molecule has 2 fully saturated rings. The third kappa shape index (κ3) is 2.91. The van der Waals surface area contributed by atoms with Crippen molar-refractivity contribution in [2.45, 2.75) is 68.7 Å². The van der Waals surface area contributed by atoms with Gasteiger partial charge >= 0.3 is 0 Å². The van der Waals surface area contributed by atoms with Crippen molar-refractivity contribution >= 4 is 11.8 Å². The molecule has 106 valence electrons. The van der Waals surface area contributed by atoms with Crippen LogP contribution in [0.5, 0.6) is 0 Å². The number of hydrogen-bond donors (Lipinski definition) is 1. The number of nitrogens with zero attached hydrogens (tertiary/aromatic N) is 1. The molecule has 1 heterocycles. The highest BCUT2D eigenvalue weighted by Crippen LogP contribution is 2.38. The normalized spacial score (nSPS) is 38.8. The zero-order valence-electron chi connectivity index (χ0n) is 11.2. The second kappa shape index (κ2) is 5.73. The third-order valence-electron chi connectivity index (χ3n) is 4.86. The number of nitro groups is 1. The van der Waals surface area contributed by atoms with E-state index in [1.54, 1.807) is 0 Å². The highest BCUT2D eigenvalue weighted by atomic mass is 32.2. The molecule has 1 aliphatic heterocycles. The van der Waals surface area contributed by atoms with Crippen LogP contribution in [0.25, 0.3) is 0 Å². The Balaban J connectivity index is 1.58. The molecule has 2 aliphatic carbocycles. The molecule has 0 radical (unpaired) electrons. The fourth-order valence-electron chi connectivity index (χ4n) is 3.65. The van der Waals surface area contributed by atoms with Crippen LogP contribution in [-0.2, 0) is 0 Å². The first-order valence-electron chi connectivity index (χ1n) is 7.49. The summed E-state index contributed by atoms with van der Waals surface area (Å²) in [6.07, 6.45) is 8.78. The first-order chi connectivity index (χ1) is 9.24. The van der Waals surface area contributed by atoms with Crippen molar-refractivity contribution in [1.29, 1.82) is 0 Å². The van der Waals surface area contributed by atoms with Gasteiger partial charge < -0.3 is 5.32 Å². The third-order valence-corrected chi connectivity index (χ3v) is 6.16. The number of thioether (sulfide) groups is 1. The topological polar surface area (TPSA) is 55.2 Å². The van der Waals surface area contributed by atoms with Crippen molar-refractivity contribution in [3.8, 4) is 0 Å². The van der Waals surface area contributed by atoms with Crippen LogP contribution < -0.4 is 5.32 Å². The van der Waals surface area contributed by atoms with Crippen molar-refractivity contribution < 1.29 is 4.92 Å². The summed E-state index contributed by atoms with van der Waals surface area (Å²) in [4.78, 5) is 10.7. The average Bonchev–Trinajstić information content (AvgIpc) is 2.47. The molecule has 2 unspecified atom stereocenters. The van der Waals surface area contributed by atoms with Crippen molar-refractivity contribution in [2.75, 3.05) is 0 Å². The van der Waals surface area contributed by atoms with Crippen LogP contribution in [0.2, 0.25) is 0 Å². The maximum Gasteiger partial charge on any atom is 0.213 e. The Morgan fingerprint density at radius 3 is 2.63 bits per heavy atom. The van der Waals surface area contributed by atoms with Crippen molar-refractivity contribution in [2.24, 2.45) is 5.92 Å². The SMILES string of the molecule is O=[N+]([O-])C1CCC(C2=CSC3CCCCC3N2)CC1. The fraction of sp³-hybridized carbons (Fsp3) is 0.857. The van der Waals surface area contributed by atoms with Gasteiger partial charge in [0.25, 0.3) is 0 Å². The van der Waals surface area contributed by atoms with Gasteiger partial charge in [0.1, 0.15) is 0 Å². The molecular formula is C14H22N2O2S. The van der Waals surface area contributed by atoms with E-state index in [1.165, 1.54) is 31.4 Å². The van der Waals surface area contributed by atoms with Gasteiger partial charge in [-0.2, -0.15) is 0 Å². The Morgan fingerprint density at radius 1 is 1.16 bits per heavy atom. The summed E-state index contributed by atoms with van der Waals surface area (Å²) >= 11 is 2.00. The van der Waals surface area contributed by atoms with Gasteiger partial charge in [0.15, 0.2) is 0 Å². The minimum Gasteiger partial charge on any atom is -0.384 e. The summed E-state index contributed by atoms with van der Waals surface area (Å²) in [6, 6.07) is 0.350. The van der Waals surface area contributed by atoms with Crippen LogP contribution in [0.3, 0.4) is 0 Å². The number of nitrogens with one attached hydrogen (secondary N) is 1. The molecule has 3 aliphatic rings. The number of allylic oxidation sites excluding steroid dienone is 1. The summed E-state index contributed by atoms with van der Waals surface area (Å²) < 4.78 is 0. The van der Waals surface area contributed by atoms with E-state index >= 15 is 0 Å². The lowest BCUT2D eigenvalue weighted by Gasteiger charge is -2.39. The highest BCUT2D eigenvalue weighted by Gasteiger charge is 2.34. The van der Waals surface area contributed by atoms with E-state index in [0.717, 1.165) is 30.9 Å². The van der Waals surface area contributed by atoms with E-state index in [9.17, 15) is 10.1 Å². The molecule has 0 spiro atoms. The highest BCUT2D eigenvalue weighted by molar-refractivity contribution is 8.02. The van der Waals surface area contributed by atoms with Gasteiger partial charge in [0.05, 0.1) is 0 Å². The molecule has 0 aromatic rings. The molecule has 0 bridgehead atoms. The number of rotatable bonds is 2. The van der Waals surface area contributed by atoms with Gasteiger partial charge in [0.2, 0.25) is 6.04 Å². The summed E-state index contributed by atoms with van der Waals surface area (Å²) in [5, 5.41) is 17.6. The van der Waals surface area contributed by atoms with Gasteiger partial charge in [-0.1, -0.05) is 12.8 Å². The minimum atomic E-state index is -0.296. The Morgan fingerprint density at radius 2 is 1.89 bits per heavy atom. The van der Waals surface area contributed by atoms with E-state index in [0.29, 0.717) is 12.0 Å². The minimum absolute atomic E-state index is 0.0924. The van der Waals surface area contributed by atoms with Crippen molar-refractivity contribution in [1.82, 2.24) is 5.32 Å². The molecule has 1 N–H and O–H groups in total. The molecule has 0 saturated heterocycles. The Labute approximate surface area is 118 Å². The van der Waals surface area contributed by atoms with Crippen LogP contribution in [0.15, 0.2) is 11.1 Å². The Bertz CT molecular complexity index is 378. The summed E-state index contributed by atoms with van der Waals surface area (Å²) in [5.41, 5.74) is 1.37. The summed E-state index contributed by atoms with van der Waals surface area (Å²) in [7, 11) is 0.